The summed E-state index contributed by atoms with van der Waals surface area (Å²) < 4.78 is 30.2. The summed E-state index contributed by atoms with van der Waals surface area (Å²) in [5, 5.41) is 3.14. The number of nitrogens with one attached hydrogen (secondary N) is 2. The molecule has 0 spiro atoms. The van der Waals surface area contributed by atoms with Gasteiger partial charge in [0.1, 0.15) is 0 Å². The molecule has 0 saturated heterocycles. The zero-order valence-corrected chi connectivity index (χ0v) is 13.7. The fourth-order valence-electron chi connectivity index (χ4n) is 1.88. The quantitative estimate of drug-likeness (QED) is 0.793. The molecule has 0 atom stereocenters. The van der Waals surface area contributed by atoms with E-state index in [0.717, 1.165) is 11.4 Å². The Labute approximate surface area is 135 Å². The van der Waals surface area contributed by atoms with Gasteiger partial charge in [0, 0.05) is 17.1 Å². The number of rotatable bonds is 6. The maximum absolute atomic E-state index is 11.5. The highest BCUT2D eigenvalue weighted by atomic mass is 32.2. The van der Waals surface area contributed by atoms with Crippen molar-refractivity contribution < 1.29 is 17.9 Å². The monoisotopic (exact) mass is 334 g/mol. The van der Waals surface area contributed by atoms with E-state index in [1.165, 1.54) is 7.11 Å². The Balaban J connectivity index is 2.11. The lowest BCUT2D eigenvalue weighted by molar-refractivity contribution is 0.0601. The van der Waals surface area contributed by atoms with Gasteiger partial charge in [-0.25, -0.2) is 13.2 Å². The summed E-state index contributed by atoms with van der Waals surface area (Å²) in [5.74, 6) is -0.384. The molecule has 0 radical (unpaired) electrons. The van der Waals surface area contributed by atoms with E-state index in [-0.39, 0.29) is 5.75 Å². The molecule has 6 nitrogen and oxygen atoms in total. The van der Waals surface area contributed by atoms with Gasteiger partial charge in [-0.2, -0.15) is 0 Å². The van der Waals surface area contributed by atoms with Gasteiger partial charge in [-0.1, -0.05) is 6.07 Å². The number of benzene rings is 2. The second kappa shape index (κ2) is 7.15. The molecule has 2 N–H and O–H groups in total. The number of anilines is 3. The predicted molar refractivity (Wildman–Crippen MR) is 90.6 cm³/mol. The summed E-state index contributed by atoms with van der Waals surface area (Å²) in [6, 6.07) is 13.7. The van der Waals surface area contributed by atoms with Crippen LogP contribution in [0.3, 0.4) is 0 Å². The second-order valence-corrected chi connectivity index (χ2v) is 6.79. The van der Waals surface area contributed by atoms with E-state index in [0.29, 0.717) is 11.3 Å². The first-order valence-corrected chi connectivity index (χ1v) is 8.64. The van der Waals surface area contributed by atoms with Crippen LogP contribution in [0.4, 0.5) is 17.1 Å². The van der Waals surface area contributed by atoms with Crippen molar-refractivity contribution in [1.29, 1.82) is 0 Å². The summed E-state index contributed by atoms with van der Waals surface area (Å²) in [6.45, 7) is 1.58. The molecule has 0 heterocycles. The maximum Gasteiger partial charge on any atom is 0.337 e. The van der Waals surface area contributed by atoms with Crippen LogP contribution in [0.1, 0.15) is 17.3 Å². The highest BCUT2D eigenvalue weighted by Crippen LogP contribution is 2.20. The van der Waals surface area contributed by atoms with Crippen LogP contribution in [0.5, 0.6) is 0 Å². The molecule has 2 rings (SSSR count). The van der Waals surface area contributed by atoms with Crippen LogP contribution >= 0.6 is 0 Å². The summed E-state index contributed by atoms with van der Waals surface area (Å²) in [6.07, 6.45) is 0. The summed E-state index contributed by atoms with van der Waals surface area (Å²) >= 11 is 0. The molecule has 122 valence electrons. The number of carbonyl (C=O) groups excluding carboxylic acids is 1. The minimum absolute atomic E-state index is 0.0212. The molecule has 23 heavy (non-hydrogen) atoms. The molecule has 0 amide bonds. The van der Waals surface area contributed by atoms with E-state index in [4.69, 9.17) is 0 Å². The van der Waals surface area contributed by atoms with Gasteiger partial charge in [0.25, 0.3) is 0 Å². The van der Waals surface area contributed by atoms with E-state index < -0.39 is 16.0 Å². The van der Waals surface area contributed by atoms with Gasteiger partial charge < -0.3 is 10.1 Å². The zero-order chi connectivity index (χ0) is 16.9. The van der Waals surface area contributed by atoms with Crippen molar-refractivity contribution in [3.8, 4) is 0 Å². The third kappa shape index (κ3) is 4.72. The minimum Gasteiger partial charge on any atom is -0.465 e. The highest BCUT2D eigenvalue weighted by molar-refractivity contribution is 7.92. The lowest BCUT2D eigenvalue weighted by Gasteiger charge is -2.10. The Bertz CT molecular complexity index is 786. The van der Waals surface area contributed by atoms with Gasteiger partial charge in [0.05, 0.1) is 18.4 Å². The van der Waals surface area contributed by atoms with Crippen LogP contribution in [0.25, 0.3) is 0 Å². The molecular formula is C16H18N2O4S. The largest absolute Gasteiger partial charge is 0.465 e. The fourth-order valence-corrected chi connectivity index (χ4v) is 2.52. The van der Waals surface area contributed by atoms with Crippen molar-refractivity contribution >= 4 is 33.1 Å². The molecule has 0 unspecified atom stereocenters. The van der Waals surface area contributed by atoms with Gasteiger partial charge in [-0.05, 0) is 49.4 Å². The standard InChI is InChI=1S/C16H18N2O4S/c1-3-23(20,21)18-14-9-7-13(8-10-14)17-15-6-4-5-12(11-15)16(19)22-2/h4-11,17-18H,3H2,1-2H3. The van der Waals surface area contributed by atoms with Crippen molar-refractivity contribution in [2.75, 3.05) is 22.9 Å². The number of esters is 1. The topological polar surface area (TPSA) is 84.5 Å². The van der Waals surface area contributed by atoms with Crippen LogP contribution in [0.15, 0.2) is 48.5 Å². The average Bonchev–Trinajstić information content (AvgIpc) is 2.56. The Morgan fingerprint density at radius 3 is 2.30 bits per heavy atom. The lowest BCUT2D eigenvalue weighted by atomic mass is 10.2. The molecular weight excluding hydrogens is 316 g/mol. The number of ether oxygens (including phenoxy) is 1. The molecule has 0 aliphatic rings. The number of sulfonamides is 1. The van der Waals surface area contributed by atoms with Crippen molar-refractivity contribution in [3.63, 3.8) is 0 Å². The lowest BCUT2D eigenvalue weighted by Crippen LogP contribution is -2.14. The third-order valence-corrected chi connectivity index (χ3v) is 4.42. The molecule has 0 aliphatic carbocycles. The first kappa shape index (κ1) is 16.8. The van der Waals surface area contributed by atoms with E-state index in [1.807, 2.05) is 6.07 Å². The van der Waals surface area contributed by atoms with E-state index >= 15 is 0 Å². The number of carbonyl (C=O) groups is 1. The normalized spacial score (nSPS) is 10.9. The van der Waals surface area contributed by atoms with Gasteiger partial charge in [0.15, 0.2) is 0 Å². The van der Waals surface area contributed by atoms with Crippen LogP contribution < -0.4 is 10.0 Å². The average molecular weight is 334 g/mol. The molecule has 2 aromatic rings. The molecule has 2 aromatic carbocycles. The van der Waals surface area contributed by atoms with Crippen LogP contribution in [0.2, 0.25) is 0 Å². The molecule has 0 bridgehead atoms. The molecule has 7 heteroatoms. The van der Waals surface area contributed by atoms with Gasteiger partial charge in [-0.15, -0.1) is 0 Å². The molecule has 0 fully saturated rings. The summed E-state index contributed by atoms with van der Waals surface area (Å²) in [4.78, 5) is 11.5. The first-order chi connectivity index (χ1) is 10.9. The predicted octanol–water partition coefficient (Wildman–Crippen LogP) is 2.98. The smallest absolute Gasteiger partial charge is 0.337 e. The Morgan fingerprint density at radius 2 is 1.70 bits per heavy atom. The third-order valence-electron chi connectivity index (χ3n) is 3.11. The van der Waals surface area contributed by atoms with E-state index in [9.17, 15) is 13.2 Å². The SMILES string of the molecule is CCS(=O)(=O)Nc1ccc(Nc2cccc(C(=O)OC)c2)cc1. The minimum atomic E-state index is -3.28. The van der Waals surface area contributed by atoms with Crippen molar-refractivity contribution in [3.05, 3.63) is 54.1 Å². The second-order valence-electron chi connectivity index (χ2n) is 4.78. The molecule has 0 aliphatic heterocycles. The number of hydrogen-bond donors (Lipinski definition) is 2. The Hall–Kier alpha value is -2.54. The van der Waals surface area contributed by atoms with Crippen LogP contribution in [-0.4, -0.2) is 27.2 Å². The van der Waals surface area contributed by atoms with Crippen LogP contribution in [0, 0.1) is 0 Å². The Kier molecular flexibility index (Phi) is 5.23. The highest BCUT2D eigenvalue weighted by Gasteiger charge is 2.07. The van der Waals surface area contributed by atoms with E-state index in [2.05, 4.69) is 14.8 Å². The van der Waals surface area contributed by atoms with Crippen molar-refractivity contribution in [2.45, 2.75) is 6.92 Å². The first-order valence-electron chi connectivity index (χ1n) is 6.99. The van der Waals surface area contributed by atoms with Crippen molar-refractivity contribution in [1.82, 2.24) is 0 Å². The van der Waals surface area contributed by atoms with Gasteiger partial charge >= 0.3 is 5.97 Å². The fraction of sp³-hybridized carbons (Fsp3) is 0.188. The summed E-state index contributed by atoms with van der Waals surface area (Å²) in [5.41, 5.74) is 2.45. The number of hydrogen-bond acceptors (Lipinski definition) is 5. The van der Waals surface area contributed by atoms with E-state index in [1.54, 1.807) is 49.4 Å². The zero-order valence-electron chi connectivity index (χ0n) is 12.9. The molecule has 0 aromatic heterocycles. The maximum atomic E-state index is 11.5. The Morgan fingerprint density at radius 1 is 1.04 bits per heavy atom. The number of methoxy groups -OCH3 is 1. The van der Waals surface area contributed by atoms with Gasteiger partial charge in [0.2, 0.25) is 10.0 Å². The molecule has 0 saturated carbocycles. The van der Waals surface area contributed by atoms with Gasteiger partial charge in [-0.3, -0.25) is 4.72 Å². The summed E-state index contributed by atoms with van der Waals surface area (Å²) in [7, 11) is -1.95. The van der Waals surface area contributed by atoms with Crippen molar-refractivity contribution in [2.24, 2.45) is 0 Å². The van der Waals surface area contributed by atoms with Crippen LogP contribution in [-0.2, 0) is 14.8 Å².